The van der Waals surface area contributed by atoms with E-state index in [0.717, 1.165) is 12.8 Å². The third-order valence-corrected chi connectivity index (χ3v) is 3.54. The molecular weight excluding hydrogens is 232 g/mol. The number of aliphatic hydroxyl groups excluding tert-OH is 1. The number of aromatic carboxylic acids is 1. The normalized spacial score (nSPS) is 11.3. The summed E-state index contributed by atoms with van der Waals surface area (Å²) in [7, 11) is 0. The number of nitrogens with one attached hydrogen (secondary N) is 1. The van der Waals surface area contributed by atoms with Gasteiger partial charge in [0, 0.05) is 18.2 Å². The first kappa shape index (κ1) is 14.4. The summed E-state index contributed by atoms with van der Waals surface area (Å²) < 4.78 is 0. The molecule has 1 aromatic rings. The zero-order valence-electron chi connectivity index (χ0n) is 10.8. The Bertz CT molecular complexity index is 395. The minimum Gasteiger partial charge on any atom is -0.478 e. The molecule has 0 atom stereocenters. The number of carbonyl (C=O) groups is 1. The number of hydrogen-bond acceptors (Lipinski definition) is 4. The van der Waals surface area contributed by atoms with Crippen LogP contribution in [0.4, 0.5) is 5.69 Å². The summed E-state index contributed by atoms with van der Waals surface area (Å²) in [4.78, 5) is 15.0. The van der Waals surface area contributed by atoms with Gasteiger partial charge in [0.25, 0.3) is 0 Å². The lowest BCUT2D eigenvalue weighted by molar-refractivity contribution is 0.0697. The van der Waals surface area contributed by atoms with Crippen LogP contribution in [0.1, 0.15) is 37.0 Å². The molecule has 100 valence electrons. The maximum atomic E-state index is 11.0. The van der Waals surface area contributed by atoms with Gasteiger partial charge in [-0.2, -0.15) is 0 Å². The van der Waals surface area contributed by atoms with E-state index >= 15 is 0 Å². The Morgan fingerprint density at radius 2 is 2.11 bits per heavy atom. The summed E-state index contributed by atoms with van der Waals surface area (Å²) in [5, 5.41) is 21.6. The molecule has 1 rings (SSSR count). The molecule has 0 unspecified atom stereocenters. The van der Waals surface area contributed by atoms with Crippen molar-refractivity contribution in [3.63, 3.8) is 0 Å². The third kappa shape index (κ3) is 3.20. The highest BCUT2D eigenvalue weighted by Gasteiger charge is 2.25. The van der Waals surface area contributed by atoms with E-state index in [9.17, 15) is 9.90 Å². The van der Waals surface area contributed by atoms with Crippen LogP contribution in [0.25, 0.3) is 0 Å². The van der Waals surface area contributed by atoms with E-state index in [0.29, 0.717) is 12.2 Å². The molecule has 0 amide bonds. The van der Waals surface area contributed by atoms with Crippen LogP contribution in [0.5, 0.6) is 0 Å². The van der Waals surface area contributed by atoms with Crippen molar-refractivity contribution < 1.29 is 15.0 Å². The first-order valence-corrected chi connectivity index (χ1v) is 6.10. The first-order chi connectivity index (χ1) is 8.58. The van der Waals surface area contributed by atoms with Crippen LogP contribution in [0.2, 0.25) is 0 Å². The molecule has 1 aromatic heterocycles. The van der Waals surface area contributed by atoms with E-state index in [1.54, 1.807) is 0 Å². The maximum absolute atomic E-state index is 11.0. The van der Waals surface area contributed by atoms with Gasteiger partial charge in [-0.15, -0.1) is 0 Å². The van der Waals surface area contributed by atoms with Crippen molar-refractivity contribution in [2.24, 2.45) is 5.41 Å². The fraction of sp³-hybridized carbons (Fsp3) is 0.538. The van der Waals surface area contributed by atoms with Crippen LogP contribution in [0.3, 0.4) is 0 Å². The summed E-state index contributed by atoms with van der Waals surface area (Å²) in [5.74, 6) is -0.984. The molecule has 5 heteroatoms. The molecule has 0 aliphatic heterocycles. The largest absolute Gasteiger partial charge is 0.478 e. The van der Waals surface area contributed by atoms with Gasteiger partial charge in [0.1, 0.15) is 0 Å². The maximum Gasteiger partial charge on any atom is 0.337 e. The predicted molar refractivity (Wildman–Crippen MR) is 69.8 cm³/mol. The predicted octanol–water partition coefficient (Wildman–Crippen LogP) is 1.99. The minimum absolute atomic E-state index is 0.0790. The van der Waals surface area contributed by atoms with Crippen molar-refractivity contribution in [2.45, 2.75) is 26.7 Å². The summed E-state index contributed by atoms with van der Waals surface area (Å²) in [6, 6.07) is 1.46. The molecule has 3 N–H and O–H groups in total. The molecule has 0 saturated carbocycles. The van der Waals surface area contributed by atoms with E-state index in [2.05, 4.69) is 10.3 Å². The van der Waals surface area contributed by atoms with Crippen molar-refractivity contribution in [3.8, 4) is 0 Å². The van der Waals surface area contributed by atoms with E-state index in [4.69, 9.17) is 5.11 Å². The highest BCUT2D eigenvalue weighted by Crippen LogP contribution is 2.26. The zero-order valence-corrected chi connectivity index (χ0v) is 10.8. The van der Waals surface area contributed by atoms with E-state index in [-0.39, 0.29) is 17.6 Å². The zero-order chi connectivity index (χ0) is 13.6. The number of hydrogen-bond donors (Lipinski definition) is 3. The highest BCUT2D eigenvalue weighted by atomic mass is 16.4. The Kier molecular flexibility index (Phi) is 5.09. The van der Waals surface area contributed by atoms with Gasteiger partial charge in [-0.25, -0.2) is 4.79 Å². The van der Waals surface area contributed by atoms with Gasteiger partial charge in [0.05, 0.1) is 24.1 Å². The summed E-state index contributed by atoms with van der Waals surface area (Å²) in [6.45, 7) is 4.64. The fourth-order valence-electron chi connectivity index (χ4n) is 1.78. The number of aromatic nitrogens is 1. The SMILES string of the molecule is CCC(CC)(CO)CNc1cnccc1C(=O)O. The van der Waals surface area contributed by atoms with Crippen LogP contribution in [0.15, 0.2) is 18.5 Å². The number of carboxylic acid groups (broad SMARTS) is 1. The highest BCUT2D eigenvalue weighted by molar-refractivity contribution is 5.93. The molecule has 0 aromatic carbocycles. The molecule has 0 aliphatic carbocycles. The lowest BCUT2D eigenvalue weighted by Crippen LogP contribution is -2.32. The molecule has 0 bridgehead atoms. The Morgan fingerprint density at radius 3 is 2.61 bits per heavy atom. The second-order valence-electron chi connectivity index (χ2n) is 4.45. The first-order valence-electron chi connectivity index (χ1n) is 6.10. The second-order valence-corrected chi connectivity index (χ2v) is 4.45. The molecule has 1 heterocycles. The number of anilines is 1. The average Bonchev–Trinajstić information content (AvgIpc) is 2.41. The quantitative estimate of drug-likeness (QED) is 0.691. The summed E-state index contributed by atoms with van der Waals surface area (Å²) in [5.41, 5.74) is 0.472. The Labute approximate surface area is 107 Å². The van der Waals surface area contributed by atoms with Crippen molar-refractivity contribution in [1.82, 2.24) is 4.98 Å². The Balaban J connectivity index is 2.83. The molecule has 5 nitrogen and oxygen atoms in total. The van der Waals surface area contributed by atoms with Crippen LogP contribution in [-0.2, 0) is 0 Å². The van der Waals surface area contributed by atoms with Crippen LogP contribution < -0.4 is 5.32 Å². The van der Waals surface area contributed by atoms with E-state index < -0.39 is 5.97 Å². The van der Waals surface area contributed by atoms with Gasteiger partial charge in [0.15, 0.2) is 0 Å². The van der Waals surface area contributed by atoms with Gasteiger partial charge in [-0.05, 0) is 18.9 Å². The number of pyridine rings is 1. The van der Waals surface area contributed by atoms with Gasteiger partial charge >= 0.3 is 5.97 Å². The van der Waals surface area contributed by atoms with Gasteiger partial charge in [0.2, 0.25) is 0 Å². The number of rotatable bonds is 7. The van der Waals surface area contributed by atoms with Gasteiger partial charge in [-0.1, -0.05) is 13.8 Å². The molecular formula is C13H20N2O3. The molecule has 0 spiro atoms. The second kappa shape index (κ2) is 6.35. The molecule has 0 fully saturated rings. The monoisotopic (exact) mass is 252 g/mol. The molecule has 0 aliphatic rings. The van der Waals surface area contributed by atoms with Gasteiger partial charge in [-0.3, -0.25) is 4.98 Å². The van der Waals surface area contributed by atoms with Crippen LogP contribution in [-0.4, -0.2) is 34.3 Å². The smallest absolute Gasteiger partial charge is 0.337 e. The minimum atomic E-state index is -0.984. The van der Waals surface area contributed by atoms with Crippen LogP contribution in [0, 0.1) is 5.41 Å². The summed E-state index contributed by atoms with van der Waals surface area (Å²) in [6.07, 6.45) is 4.61. The van der Waals surface area contributed by atoms with Crippen molar-refractivity contribution in [1.29, 1.82) is 0 Å². The molecule has 0 radical (unpaired) electrons. The molecule has 0 saturated heterocycles. The van der Waals surface area contributed by atoms with Gasteiger partial charge < -0.3 is 15.5 Å². The lowest BCUT2D eigenvalue weighted by atomic mass is 9.83. The lowest BCUT2D eigenvalue weighted by Gasteiger charge is -2.30. The van der Waals surface area contributed by atoms with Crippen LogP contribution >= 0.6 is 0 Å². The Hall–Kier alpha value is -1.62. The third-order valence-electron chi connectivity index (χ3n) is 3.54. The average molecular weight is 252 g/mol. The summed E-state index contributed by atoms with van der Waals surface area (Å²) >= 11 is 0. The number of aliphatic hydroxyl groups is 1. The van der Waals surface area contributed by atoms with E-state index in [1.807, 2.05) is 13.8 Å². The van der Waals surface area contributed by atoms with Crippen molar-refractivity contribution in [3.05, 3.63) is 24.0 Å². The fourth-order valence-corrected chi connectivity index (χ4v) is 1.78. The number of carboxylic acids is 1. The molecule has 18 heavy (non-hydrogen) atoms. The standard InChI is InChI=1S/C13H20N2O3/c1-3-13(4-2,9-16)8-15-11-7-14-6-5-10(11)12(17)18/h5-7,15-16H,3-4,8-9H2,1-2H3,(H,17,18). The Morgan fingerprint density at radius 1 is 1.44 bits per heavy atom. The topological polar surface area (TPSA) is 82.5 Å². The van der Waals surface area contributed by atoms with E-state index in [1.165, 1.54) is 18.5 Å². The van der Waals surface area contributed by atoms with Crippen molar-refractivity contribution >= 4 is 11.7 Å². The number of nitrogens with zero attached hydrogens (tertiary/aromatic N) is 1. The van der Waals surface area contributed by atoms with Crippen molar-refractivity contribution in [2.75, 3.05) is 18.5 Å².